The maximum Gasteiger partial charge on any atom is 0.264 e. The third-order valence-electron chi connectivity index (χ3n) is 6.62. The van der Waals surface area contributed by atoms with Crippen molar-refractivity contribution >= 4 is 50.7 Å². The summed E-state index contributed by atoms with van der Waals surface area (Å²) in [5, 5.41) is 3.67. The number of carbonyl (C=O) groups is 2. The molecule has 3 rings (SSSR count). The third kappa shape index (κ3) is 8.40. The topological polar surface area (TPSA) is 96.0 Å². The van der Waals surface area contributed by atoms with Crippen LogP contribution in [0.5, 0.6) is 5.75 Å². The quantitative estimate of drug-likeness (QED) is 0.198. The molecule has 8 nitrogen and oxygen atoms in total. The zero-order valence-corrected chi connectivity index (χ0v) is 26.4. The molecule has 0 bridgehead atoms. The van der Waals surface area contributed by atoms with Crippen LogP contribution in [0.3, 0.4) is 0 Å². The molecule has 3 aromatic carbocycles. The fourth-order valence-corrected chi connectivity index (χ4v) is 6.35. The van der Waals surface area contributed by atoms with Gasteiger partial charge in [0.2, 0.25) is 11.8 Å². The second kappa shape index (κ2) is 15.8. The number of sulfonamides is 1. The Labute approximate surface area is 258 Å². The Hall–Kier alpha value is -3.27. The van der Waals surface area contributed by atoms with Gasteiger partial charge in [0.1, 0.15) is 18.3 Å². The molecule has 1 N–H and O–H groups in total. The Morgan fingerprint density at radius 2 is 1.64 bits per heavy atom. The number of rotatable bonds is 15. The molecular formula is C31H37Cl2N3O5S. The fraction of sp³-hybridized carbons (Fsp3) is 0.355. The van der Waals surface area contributed by atoms with E-state index in [1.165, 1.54) is 17.0 Å². The second-order valence-electron chi connectivity index (χ2n) is 9.55. The number of carbonyl (C=O) groups excluding carboxylic acids is 2. The van der Waals surface area contributed by atoms with Gasteiger partial charge in [-0.15, -0.1) is 0 Å². The van der Waals surface area contributed by atoms with Crippen LogP contribution in [0.15, 0.2) is 77.7 Å². The summed E-state index contributed by atoms with van der Waals surface area (Å²) in [7, 11) is -4.22. The predicted molar refractivity (Wildman–Crippen MR) is 168 cm³/mol. The summed E-state index contributed by atoms with van der Waals surface area (Å²) >= 11 is 12.6. The van der Waals surface area contributed by atoms with Crippen molar-refractivity contribution in [3.63, 3.8) is 0 Å². The normalized spacial score (nSPS) is 11.9. The highest BCUT2D eigenvalue weighted by Gasteiger charge is 2.34. The van der Waals surface area contributed by atoms with Crippen molar-refractivity contribution in [3.05, 3.63) is 88.4 Å². The van der Waals surface area contributed by atoms with Crippen LogP contribution < -0.4 is 14.4 Å². The monoisotopic (exact) mass is 633 g/mol. The lowest BCUT2D eigenvalue weighted by atomic mass is 10.1. The first-order valence-corrected chi connectivity index (χ1v) is 16.1. The Balaban J connectivity index is 2.09. The molecule has 2 amide bonds. The number of nitrogens with zero attached hydrogens (tertiary/aromatic N) is 2. The number of para-hydroxylation sites is 2. The van der Waals surface area contributed by atoms with Crippen LogP contribution in [0.1, 0.15) is 45.6 Å². The average molecular weight is 635 g/mol. The first kappa shape index (κ1) is 33.2. The van der Waals surface area contributed by atoms with Crippen molar-refractivity contribution in [2.24, 2.45) is 0 Å². The first-order chi connectivity index (χ1) is 20.1. The van der Waals surface area contributed by atoms with Gasteiger partial charge in [-0.1, -0.05) is 79.9 Å². The van der Waals surface area contributed by atoms with E-state index in [4.69, 9.17) is 27.9 Å². The Morgan fingerprint density at radius 3 is 2.29 bits per heavy atom. The smallest absolute Gasteiger partial charge is 0.264 e. The molecule has 0 aliphatic carbocycles. The summed E-state index contributed by atoms with van der Waals surface area (Å²) in [5.74, 6) is -0.593. The van der Waals surface area contributed by atoms with E-state index in [2.05, 4.69) is 5.32 Å². The highest BCUT2D eigenvalue weighted by atomic mass is 35.5. The van der Waals surface area contributed by atoms with Crippen LogP contribution in [0.25, 0.3) is 0 Å². The molecule has 0 spiro atoms. The number of hydrogen-bond donors (Lipinski definition) is 1. The Bertz CT molecular complexity index is 1450. The average Bonchev–Trinajstić information content (AvgIpc) is 2.98. The molecule has 0 unspecified atom stereocenters. The molecule has 0 fully saturated rings. The number of hydrogen-bond acceptors (Lipinski definition) is 5. The van der Waals surface area contributed by atoms with E-state index >= 15 is 0 Å². The number of anilines is 1. The van der Waals surface area contributed by atoms with Gasteiger partial charge in [-0.25, -0.2) is 8.42 Å². The number of benzene rings is 3. The zero-order valence-electron chi connectivity index (χ0n) is 24.1. The highest BCUT2D eigenvalue weighted by molar-refractivity contribution is 7.92. The number of ether oxygens (including phenoxy) is 1. The minimum Gasteiger partial charge on any atom is -0.492 e. The van der Waals surface area contributed by atoms with E-state index in [9.17, 15) is 18.0 Å². The van der Waals surface area contributed by atoms with Gasteiger partial charge in [-0.2, -0.15) is 0 Å². The number of unbranched alkanes of at least 4 members (excludes halogenated alkanes) is 1. The molecule has 11 heteroatoms. The predicted octanol–water partition coefficient (Wildman–Crippen LogP) is 6.31. The fourth-order valence-electron chi connectivity index (χ4n) is 4.43. The highest BCUT2D eigenvalue weighted by Crippen LogP contribution is 2.33. The van der Waals surface area contributed by atoms with Gasteiger partial charge in [-0.05, 0) is 61.7 Å². The molecule has 0 aliphatic heterocycles. The van der Waals surface area contributed by atoms with Gasteiger partial charge in [0.25, 0.3) is 10.0 Å². The van der Waals surface area contributed by atoms with Crippen molar-refractivity contribution in [3.8, 4) is 5.75 Å². The second-order valence-corrected chi connectivity index (χ2v) is 12.3. The minimum atomic E-state index is -4.22. The van der Waals surface area contributed by atoms with Gasteiger partial charge < -0.3 is 15.0 Å². The van der Waals surface area contributed by atoms with Gasteiger partial charge in [0.05, 0.1) is 17.2 Å². The minimum absolute atomic E-state index is 0.0146. The van der Waals surface area contributed by atoms with E-state index < -0.39 is 28.5 Å². The van der Waals surface area contributed by atoms with Crippen LogP contribution in [-0.2, 0) is 26.2 Å². The molecule has 0 radical (unpaired) electrons. The van der Waals surface area contributed by atoms with E-state index in [0.717, 1.165) is 17.1 Å². The van der Waals surface area contributed by atoms with Crippen molar-refractivity contribution < 1.29 is 22.7 Å². The van der Waals surface area contributed by atoms with Gasteiger partial charge in [0.15, 0.2) is 0 Å². The molecular weight excluding hydrogens is 597 g/mol. The maximum absolute atomic E-state index is 14.2. The van der Waals surface area contributed by atoms with Crippen LogP contribution in [0.4, 0.5) is 5.69 Å². The summed E-state index contributed by atoms with van der Waals surface area (Å²) < 4.78 is 34.8. The zero-order chi connectivity index (χ0) is 30.7. The molecule has 226 valence electrons. The van der Waals surface area contributed by atoms with E-state index in [0.29, 0.717) is 40.9 Å². The maximum atomic E-state index is 14.2. The molecule has 0 saturated carbocycles. The van der Waals surface area contributed by atoms with Crippen molar-refractivity contribution in [2.75, 3.05) is 24.0 Å². The van der Waals surface area contributed by atoms with Gasteiger partial charge in [-0.3, -0.25) is 13.9 Å². The number of nitrogens with one attached hydrogen (secondary N) is 1. The molecule has 0 aliphatic rings. The molecule has 0 saturated heterocycles. The largest absolute Gasteiger partial charge is 0.492 e. The van der Waals surface area contributed by atoms with E-state index in [-0.39, 0.29) is 23.0 Å². The number of halogens is 2. The SMILES string of the molecule is CCCCNC(=O)[C@H](CC)N(Cc1ccc(Cl)cc1Cl)C(=O)CN(c1ccccc1OCC)S(=O)(=O)c1ccccc1. The molecule has 0 aromatic heterocycles. The van der Waals surface area contributed by atoms with Crippen molar-refractivity contribution in [1.29, 1.82) is 0 Å². The third-order valence-corrected chi connectivity index (χ3v) is 8.98. The van der Waals surface area contributed by atoms with Crippen LogP contribution >= 0.6 is 23.2 Å². The molecule has 3 aromatic rings. The summed E-state index contributed by atoms with van der Waals surface area (Å²) in [5.41, 5.74) is 0.780. The Morgan fingerprint density at radius 1 is 0.952 bits per heavy atom. The number of amides is 2. The lowest BCUT2D eigenvalue weighted by Crippen LogP contribution is -2.52. The van der Waals surface area contributed by atoms with Crippen LogP contribution in [0, 0.1) is 0 Å². The molecule has 42 heavy (non-hydrogen) atoms. The van der Waals surface area contributed by atoms with Gasteiger partial charge in [0, 0.05) is 23.1 Å². The van der Waals surface area contributed by atoms with E-state index in [1.807, 2.05) is 6.92 Å². The van der Waals surface area contributed by atoms with Crippen molar-refractivity contribution in [1.82, 2.24) is 10.2 Å². The first-order valence-electron chi connectivity index (χ1n) is 13.9. The van der Waals surface area contributed by atoms with Gasteiger partial charge >= 0.3 is 0 Å². The summed E-state index contributed by atoms with van der Waals surface area (Å²) in [4.78, 5) is 28.9. The molecule has 0 heterocycles. The lowest BCUT2D eigenvalue weighted by Gasteiger charge is -2.33. The van der Waals surface area contributed by atoms with Crippen molar-refractivity contribution in [2.45, 2.75) is 57.5 Å². The lowest BCUT2D eigenvalue weighted by molar-refractivity contribution is -0.140. The summed E-state index contributed by atoms with van der Waals surface area (Å²) in [6, 6.07) is 18.6. The summed E-state index contributed by atoms with van der Waals surface area (Å²) in [6.07, 6.45) is 1.98. The summed E-state index contributed by atoms with van der Waals surface area (Å²) in [6.45, 7) is 5.76. The molecule has 1 atom stereocenters. The Kier molecular flexibility index (Phi) is 12.5. The van der Waals surface area contributed by atoms with Crippen LogP contribution in [0.2, 0.25) is 10.0 Å². The standard InChI is InChI=1S/C31H37Cl2N3O5S/c1-4-7-19-34-31(38)27(5-2)35(21-23-17-18-24(32)20-26(23)33)30(37)22-36(28-15-11-12-16-29(28)41-6-3)42(39,40)25-13-9-8-10-14-25/h8-18,20,27H,4-7,19,21-22H2,1-3H3,(H,34,38)/t27-/m0/s1. The van der Waals surface area contributed by atoms with Crippen LogP contribution in [-0.4, -0.2) is 50.9 Å². The van der Waals surface area contributed by atoms with E-state index in [1.54, 1.807) is 74.5 Å².